The van der Waals surface area contributed by atoms with Gasteiger partial charge in [-0.25, -0.2) is 0 Å². The molecule has 1 aliphatic rings. The minimum atomic E-state index is 0.563. The average Bonchev–Trinajstić information content (AvgIpc) is 2.23. The summed E-state index contributed by atoms with van der Waals surface area (Å²) in [6.45, 7) is 2.64. The zero-order chi connectivity index (χ0) is 10.9. The van der Waals surface area contributed by atoms with Crippen molar-refractivity contribution < 1.29 is 0 Å². The first-order valence-corrected chi connectivity index (χ1v) is 5.08. The smallest absolute Gasteiger partial charge is 0.0178 e. The van der Waals surface area contributed by atoms with Gasteiger partial charge in [0.25, 0.3) is 0 Å². The number of hydrogen-bond acceptors (Lipinski definition) is 1. The molecule has 1 rings (SSSR count). The van der Waals surface area contributed by atoms with Gasteiger partial charge in [-0.05, 0) is 12.5 Å². The van der Waals surface area contributed by atoms with E-state index in [0.29, 0.717) is 6.54 Å². The summed E-state index contributed by atoms with van der Waals surface area (Å²) < 4.78 is 0. The molecule has 78 valence electrons. The van der Waals surface area contributed by atoms with Gasteiger partial charge in [0.1, 0.15) is 0 Å². The predicted molar refractivity (Wildman–Crippen MR) is 67.5 cm³/mol. The first-order valence-electron chi connectivity index (χ1n) is 5.08. The Labute approximate surface area is 91.7 Å². The van der Waals surface area contributed by atoms with Crippen molar-refractivity contribution in [2.45, 2.75) is 6.92 Å². The second-order valence-electron chi connectivity index (χ2n) is 3.34. The van der Waals surface area contributed by atoms with Crippen LogP contribution in [0, 0.1) is 0 Å². The van der Waals surface area contributed by atoms with Crippen LogP contribution in [0.25, 0.3) is 0 Å². The fourth-order valence-corrected chi connectivity index (χ4v) is 1.15. The van der Waals surface area contributed by atoms with Crippen LogP contribution in [0.2, 0.25) is 0 Å². The van der Waals surface area contributed by atoms with Gasteiger partial charge >= 0.3 is 0 Å². The van der Waals surface area contributed by atoms with Gasteiger partial charge in [0.15, 0.2) is 0 Å². The van der Waals surface area contributed by atoms with Crippen molar-refractivity contribution in [1.82, 2.24) is 0 Å². The van der Waals surface area contributed by atoms with E-state index in [4.69, 9.17) is 5.73 Å². The molecule has 0 spiro atoms. The van der Waals surface area contributed by atoms with Gasteiger partial charge < -0.3 is 5.73 Å². The Morgan fingerprint density at radius 2 is 1.53 bits per heavy atom. The van der Waals surface area contributed by atoms with Gasteiger partial charge in [0.2, 0.25) is 0 Å². The first-order chi connectivity index (χ1) is 7.33. The van der Waals surface area contributed by atoms with Crippen molar-refractivity contribution in [1.29, 1.82) is 0 Å². The van der Waals surface area contributed by atoms with Crippen molar-refractivity contribution in [3.05, 3.63) is 71.9 Å². The van der Waals surface area contributed by atoms with Gasteiger partial charge in [-0.15, -0.1) is 0 Å². The molecule has 0 amide bonds. The highest BCUT2D eigenvalue weighted by Gasteiger charge is 1.84. The summed E-state index contributed by atoms with van der Waals surface area (Å²) in [5.74, 6) is 0. The van der Waals surface area contributed by atoms with E-state index < -0.39 is 0 Å². The molecule has 0 aromatic rings. The van der Waals surface area contributed by atoms with Gasteiger partial charge in [-0.3, -0.25) is 0 Å². The highest BCUT2D eigenvalue weighted by Crippen LogP contribution is 2.00. The quantitative estimate of drug-likeness (QED) is 0.690. The Kier molecular flexibility index (Phi) is 5.20. The van der Waals surface area contributed by atoms with Crippen LogP contribution < -0.4 is 5.73 Å². The molecule has 0 aromatic carbocycles. The van der Waals surface area contributed by atoms with Crippen LogP contribution in [-0.4, -0.2) is 6.54 Å². The second kappa shape index (κ2) is 6.80. The third kappa shape index (κ3) is 4.99. The lowest BCUT2D eigenvalue weighted by Gasteiger charge is -1.93. The lowest BCUT2D eigenvalue weighted by Crippen LogP contribution is -2.00. The van der Waals surface area contributed by atoms with Gasteiger partial charge in [-0.2, -0.15) is 0 Å². The van der Waals surface area contributed by atoms with Crippen LogP contribution in [-0.2, 0) is 0 Å². The van der Waals surface area contributed by atoms with E-state index in [2.05, 4.69) is 19.1 Å². The molecular formula is C14H17N. The molecule has 1 heteroatoms. The predicted octanol–water partition coefficient (Wildman–Crippen LogP) is 3.06. The van der Waals surface area contributed by atoms with E-state index in [9.17, 15) is 0 Å². The van der Waals surface area contributed by atoms with Crippen LogP contribution in [0.5, 0.6) is 0 Å². The molecule has 15 heavy (non-hydrogen) atoms. The van der Waals surface area contributed by atoms with Crippen LogP contribution in [0.1, 0.15) is 6.92 Å². The Bertz CT molecular complexity index is 363. The van der Waals surface area contributed by atoms with Gasteiger partial charge in [0.05, 0.1) is 0 Å². The lowest BCUT2D eigenvalue weighted by molar-refractivity contribution is 1.19. The zero-order valence-electron chi connectivity index (χ0n) is 9.06. The molecule has 0 heterocycles. The largest absolute Gasteiger partial charge is 0.326 e. The zero-order valence-corrected chi connectivity index (χ0v) is 9.06. The molecule has 0 aromatic heterocycles. The minimum absolute atomic E-state index is 0.563. The lowest BCUT2D eigenvalue weighted by atomic mass is 10.2. The van der Waals surface area contributed by atoms with Gasteiger partial charge in [0, 0.05) is 6.54 Å². The van der Waals surface area contributed by atoms with Crippen molar-refractivity contribution in [2.75, 3.05) is 6.54 Å². The average molecular weight is 199 g/mol. The molecule has 0 aliphatic heterocycles. The maximum atomic E-state index is 5.60. The maximum absolute atomic E-state index is 5.60. The molecule has 0 saturated carbocycles. The standard InChI is InChI=1S/C14H17N/c1-13-8-4-2-3-5-10-14(12-15)11-7-6-9-13/h2-11H,12,15H2,1H3/b3-2?,4-2-,5-3-,7-6?,8-4?,9-6?,10-5?,11-7-,13-8?,13-9?,14-10+,14-11?. The highest BCUT2D eigenvalue weighted by molar-refractivity contribution is 5.32. The summed E-state index contributed by atoms with van der Waals surface area (Å²) in [4.78, 5) is 0. The van der Waals surface area contributed by atoms with Crippen LogP contribution >= 0.6 is 0 Å². The number of nitrogens with two attached hydrogens (primary N) is 1. The minimum Gasteiger partial charge on any atom is -0.326 e. The summed E-state index contributed by atoms with van der Waals surface area (Å²) in [6.07, 6.45) is 20.3. The number of hydrogen-bond donors (Lipinski definition) is 1. The third-order valence-electron chi connectivity index (χ3n) is 2.02. The third-order valence-corrected chi connectivity index (χ3v) is 2.02. The van der Waals surface area contributed by atoms with E-state index in [-0.39, 0.29) is 0 Å². The summed E-state index contributed by atoms with van der Waals surface area (Å²) in [6, 6.07) is 0. The summed E-state index contributed by atoms with van der Waals surface area (Å²) in [5.41, 5.74) is 7.95. The Balaban J connectivity index is 2.89. The normalized spacial score (nSPS) is 26.5. The molecule has 1 nitrogen and oxygen atoms in total. The maximum Gasteiger partial charge on any atom is 0.0178 e. The Morgan fingerprint density at radius 3 is 2.27 bits per heavy atom. The molecule has 0 bridgehead atoms. The van der Waals surface area contributed by atoms with E-state index in [0.717, 1.165) is 5.57 Å². The Hall–Kier alpha value is -1.60. The van der Waals surface area contributed by atoms with E-state index >= 15 is 0 Å². The molecule has 1 aliphatic carbocycles. The fourth-order valence-electron chi connectivity index (χ4n) is 1.15. The van der Waals surface area contributed by atoms with Crippen molar-refractivity contribution in [2.24, 2.45) is 5.73 Å². The summed E-state index contributed by atoms with van der Waals surface area (Å²) >= 11 is 0. The monoisotopic (exact) mass is 199 g/mol. The van der Waals surface area contributed by atoms with Crippen molar-refractivity contribution in [3.63, 3.8) is 0 Å². The van der Waals surface area contributed by atoms with Crippen LogP contribution in [0.3, 0.4) is 0 Å². The van der Waals surface area contributed by atoms with Gasteiger partial charge in [-0.1, -0.05) is 66.3 Å². The van der Waals surface area contributed by atoms with Crippen LogP contribution in [0.4, 0.5) is 0 Å². The molecule has 2 N–H and O–H groups in total. The molecule has 0 fully saturated rings. The number of allylic oxidation sites excluding steroid dienone is 10. The van der Waals surface area contributed by atoms with Crippen molar-refractivity contribution in [3.8, 4) is 0 Å². The molecule has 0 radical (unpaired) electrons. The SMILES string of the molecule is CC1=C\C=C/C=C\C=C(CN)/C=C\C=C1. The van der Waals surface area contributed by atoms with E-state index in [1.165, 1.54) is 5.57 Å². The highest BCUT2D eigenvalue weighted by atomic mass is 14.5. The molecule has 0 saturated heterocycles. The van der Waals surface area contributed by atoms with E-state index in [1.807, 2.05) is 48.6 Å². The van der Waals surface area contributed by atoms with Crippen molar-refractivity contribution >= 4 is 0 Å². The topological polar surface area (TPSA) is 26.0 Å². The Morgan fingerprint density at radius 1 is 0.867 bits per heavy atom. The van der Waals surface area contributed by atoms with Crippen LogP contribution in [0.15, 0.2) is 71.9 Å². The second-order valence-corrected chi connectivity index (χ2v) is 3.34. The van der Waals surface area contributed by atoms with E-state index in [1.54, 1.807) is 0 Å². The first kappa shape index (κ1) is 11.5. The molecule has 0 unspecified atom stereocenters. The molecule has 0 atom stereocenters. The molecular weight excluding hydrogens is 182 g/mol. The fraction of sp³-hybridized carbons (Fsp3) is 0.143. The summed E-state index contributed by atoms with van der Waals surface area (Å²) in [7, 11) is 0. The summed E-state index contributed by atoms with van der Waals surface area (Å²) in [5, 5.41) is 0. The number of rotatable bonds is 1.